The van der Waals surface area contributed by atoms with Gasteiger partial charge in [0.05, 0.1) is 31.1 Å². The lowest BCUT2D eigenvalue weighted by molar-refractivity contribution is -0.121. The highest BCUT2D eigenvalue weighted by Crippen LogP contribution is 2.34. The smallest absolute Gasteiger partial charge is 0.243 e. The third-order valence-corrected chi connectivity index (χ3v) is 6.28. The lowest BCUT2D eigenvalue weighted by Gasteiger charge is -2.29. The highest BCUT2D eigenvalue weighted by Gasteiger charge is 2.31. The van der Waals surface area contributed by atoms with E-state index in [1.165, 1.54) is 20.1 Å². The maximum atomic E-state index is 12.6. The van der Waals surface area contributed by atoms with Crippen LogP contribution in [0.15, 0.2) is 41.0 Å². The van der Waals surface area contributed by atoms with Gasteiger partial charge in [-0.05, 0) is 37.3 Å². The molecule has 1 aromatic carbocycles. The molecule has 1 N–H and O–H groups in total. The first-order valence-corrected chi connectivity index (χ1v) is 11.8. The first-order valence-electron chi connectivity index (χ1n) is 8.45. The summed E-state index contributed by atoms with van der Waals surface area (Å²) in [5.74, 6) is 2.13. The van der Waals surface area contributed by atoms with E-state index in [-0.39, 0.29) is 5.69 Å². The average Bonchev–Trinajstić information content (AvgIpc) is 3.14. The van der Waals surface area contributed by atoms with Gasteiger partial charge in [0, 0.05) is 17.3 Å². The van der Waals surface area contributed by atoms with Crippen molar-refractivity contribution in [3.8, 4) is 5.75 Å². The van der Waals surface area contributed by atoms with Crippen LogP contribution < -0.4 is 14.4 Å². The molecule has 1 heterocycles. The Morgan fingerprint density at radius 3 is 2.75 bits per heavy atom. The zero-order valence-corrected chi connectivity index (χ0v) is 18.2. The zero-order chi connectivity index (χ0) is 20.7. The summed E-state index contributed by atoms with van der Waals surface area (Å²) in [4.78, 5) is 12.6. The molecule has 1 atom stereocenters. The number of benzene rings is 1. The molecule has 0 spiro atoms. The first-order chi connectivity index (χ1) is 13.2. The number of thioether (sulfide) groups is 1. The SMILES string of the molecule is COc1ccc(Cl)cc1N([C@H](C)C(=O)NCCSCc1ccco1)S(C)(=O)=O. The molecule has 2 aromatic rings. The van der Waals surface area contributed by atoms with Crippen LogP contribution in [-0.4, -0.2) is 46.0 Å². The fourth-order valence-electron chi connectivity index (χ4n) is 2.58. The molecule has 0 aliphatic carbocycles. The first kappa shape index (κ1) is 22.4. The second-order valence-corrected chi connectivity index (χ2v) is 9.37. The van der Waals surface area contributed by atoms with E-state index in [0.29, 0.717) is 28.8 Å². The van der Waals surface area contributed by atoms with Crippen molar-refractivity contribution in [2.45, 2.75) is 18.7 Å². The number of amides is 1. The Hall–Kier alpha value is -1.84. The molecule has 0 saturated carbocycles. The van der Waals surface area contributed by atoms with Gasteiger partial charge in [-0.15, -0.1) is 0 Å². The van der Waals surface area contributed by atoms with Gasteiger partial charge < -0.3 is 14.5 Å². The number of hydrogen-bond donors (Lipinski definition) is 1. The summed E-state index contributed by atoms with van der Waals surface area (Å²) in [6, 6.07) is 7.35. The van der Waals surface area contributed by atoms with E-state index < -0.39 is 22.0 Å². The molecule has 0 fully saturated rings. The maximum absolute atomic E-state index is 12.6. The molecular weight excluding hydrogens is 424 g/mol. The largest absolute Gasteiger partial charge is 0.495 e. The molecule has 28 heavy (non-hydrogen) atoms. The minimum absolute atomic E-state index is 0.215. The molecule has 1 aromatic heterocycles. The maximum Gasteiger partial charge on any atom is 0.243 e. The van der Waals surface area contributed by atoms with E-state index in [0.717, 1.165) is 16.3 Å². The van der Waals surface area contributed by atoms with E-state index in [1.807, 2.05) is 12.1 Å². The molecule has 0 aliphatic rings. The minimum Gasteiger partial charge on any atom is -0.495 e. The van der Waals surface area contributed by atoms with Gasteiger partial charge in [0.2, 0.25) is 15.9 Å². The number of rotatable bonds is 10. The summed E-state index contributed by atoms with van der Waals surface area (Å²) >= 11 is 7.63. The molecule has 2 rings (SSSR count). The molecule has 7 nitrogen and oxygen atoms in total. The van der Waals surface area contributed by atoms with Gasteiger partial charge in [0.1, 0.15) is 17.6 Å². The number of sulfonamides is 1. The average molecular weight is 447 g/mol. The van der Waals surface area contributed by atoms with Crippen molar-refractivity contribution in [2.75, 3.05) is 30.0 Å². The number of halogens is 1. The van der Waals surface area contributed by atoms with Crippen LogP contribution in [0.2, 0.25) is 5.02 Å². The van der Waals surface area contributed by atoms with Crippen LogP contribution >= 0.6 is 23.4 Å². The third-order valence-electron chi connectivity index (χ3n) is 3.84. The number of nitrogens with one attached hydrogen (secondary N) is 1. The second-order valence-electron chi connectivity index (χ2n) is 5.97. The van der Waals surface area contributed by atoms with Gasteiger partial charge in [-0.25, -0.2) is 8.42 Å². The summed E-state index contributed by atoms with van der Waals surface area (Å²) in [5.41, 5.74) is 0.215. The molecule has 0 saturated heterocycles. The second kappa shape index (κ2) is 10.1. The Kier molecular flexibility index (Phi) is 8.09. The number of furan rings is 1. The number of carbonyl (C=O) groups excluding carboxylic acids is 1. The van der Waals surface area contributed by atoms with Crippen molar-refractivity contribution in [1.82, 2.24) is 5.32 Å². The highest BCUT2D eigenvalue weighted by molar-refractivity contribution is 7.98. The van der Waals surface area contributed by atoms with E-state index in [2.05, 4.69) is 5.32 Å². The molecule has 1 amide bonds. The topological polar surface area (TPSA) is 88.8 Å². The number of nitrogens with zero attached hydrogens (tertiary/aromatic N) is 1. The Morgan fingerprint density at radius 2 is 2.14 bits per heavy atom. The summed E-state index contributed by atoms with van der Waals surface area (Å²) in [6.07, 6.45) is 2.65. The fraction of sp³-hybridized carbons (Fsp3) is 0.389. The Bertz CT molecular complexity index is 887. The molecule has 154 valence electrons. The summed E-state index contributed by atoms with van der Waals surface area (Å²) in [7, 11) is -2.34. The third kappa shape index (κ3) is 6.08. The van der Waals surface area contributed by atoms with Gasteiger partial charge in [-0.3, -0.25) is 9.10 Å². The summed E-state index contributed by atoms with van der Waals surface area (Å²) in [5, 5.41) is 3.11. The zero-order valence-electron chi connectivity index (χ0n) is 15.8. The Morgan fingerprint density at radius 1 is 1.39 bits per heavy atom. The molecule has 0 unspecified atom stereocenters. The van der Waals surface area contributed by atoms with Crippen molar-refractivity contribution in [2.24, 2.45) is 0 Å². The van der Waals surface area contributed by atoms with E-state index in [9.17, 15) is 13.2 Å². The van der Waals surface area contributed by atoms with Crippen LogP contribution in [0, 0.1) is 0 Å². The van der Waals surface area contributed by atoms with Crippen LogP contribution in [0.3, 0.4) is 0 Å². The quantitative estimate of drug-likeness (QED) is 0.564. The minimum atomic E-state index is -3.76. The van der Waals surface area contributed by atoms with E-state index in [4.69, 9.17) is 20.8 Å². The summed E-state index contributed by atoms with van der Waals surface area (Å²) < 4.78 is 36.3. The van der Waals surface area contributed by atoms with Gasteiger partial charge in [-0.1, -0.05) is 11.6 Å². The van der Waals surface area contributed by atoms with Crippen LogP contribution in [0.1, 0.15) is 12.7 Å². The number of methoxy groups -OCH3 is 1. The van der Waals surface area contributed by atoms with Crippen LogP contribution in [0.25, 0.3) is 0 Å². The molecule has 0 aliphatic heterocycles. The number of anilines is 1. The monoisotopic (exact) mass is 446 g/mol. The standard InChI is InChI=1S/C18H23ClN2O5S2/c1-13(18(22)20-8-10-27-12-15-5-4-9-26-15)21(28(3,23)24)16-11-14(19)6-7-17(16)25-2/h4-7,9,11,13H,8,10,12H2,1-3H3,(H,20,22)/t13-/m1/s1. The van der Waals surface area contributed by atoms with Gasteiger partial charge in [-0.2, -0.15) is 11.8 Å². The van der Waals surface area contributed by atoms with Crippen LogP contribution in [0.4, 0.5) is 5.69 Å². The Balaban J connectivity index is 2.03. The van der Waals surface area contributed by atoms with Crippen molar-refractivity contribution in [3.63, 3.8) is 0 Å². The lowest BCUT2D eigenvalue weighted by atomic mass is 10.2. The number of ether oxygens (including phenoxy) is 1. The van der Waals surface area contributed by atoms with Crippen LogP contribution in [-0.2, 0) is 20.6 Å². The van der Waals surface area contributed by atoms with Crippen molar-refractivity contribution < 1.29 is 22.4 Å². The van der Waals surface area contributed by atoms with Crippen molar-refractivity contribution in [1.29, 1.82) is 0 Å². The van der Waals surface area contributed by atoms with Crippen molar-refractivity contribution >= 4 is 45.0 Å². The van der Waals surface area contributed by atoms with Crippen molar-refractivity contribution in [3.05, 3.63) is 47.4 Å². The number of hydrogen-bond acceptors (Lipinski definition) is 6. The lowest BCUT2D eigenvalue weighted by Crippen LogP contribution is -2.48. The van der Waals surface area contributed by atoms with Crippen LogP contribution in [0.5, 0.6) is 5.75 Å². The van der Waals surface area contributed by atoms with E-state index >= 15 is 0 Å². The molecular formula is C18H23ClN2O5S2. The molecule has 10 heteroatoms. The molecule has 0 bridgehead atoms. The van der Waals surface area contributed by atoms with Gasteiger partial charge >= 0.3 is 0 Å². The fourth-order valence-corrected chi connectivity index (χ4v) is 4.67. The van der Waals surface area contributed by atoms with Gasteiger partial charge in [0.15, 0.2) is 0 Å². The summed E-state index contributed by atoms with van der Waals surface area (Å²) in [6.45, 7) is 1.92. The number of carbonyl (C=O) groups is 1. The predicted molar refractivity (Wildman–Crippen MR) is 113 cm³/mol. The normalized spacial score (nSPS) is 12.4. The van der Waals surface area contributed by atoms with Gasteiger partial charge in [0.25, 0.3) is 0 Å². The predicted octanol–water partition coefficient (Wildman–Crippen LogP) is 3.15. The van der Waals surface area contributed by atoms with E-state index in [1.54, 1.807) is 30.2 Å². The molecule has 0 radical (unpaired) electrons. The highest BCUT2D eigenvalue weighted by atomic mass is 35.5. The Labute approximate surface area is 174 Å².